The number of likely N-dealkylation sites (tertiary alicyclic amines) is 1. The maximum absolute atomic E-state index is 12.8. The summed E-state index contributed by atoms with van der Waals surface area (Å²) in [5, 5.41) is 0.729. The molecule has 0 amide bonds. The number of hydrogen-bond donors (Lipinski definition) is 0. The molecule has 0 radical (unpaired) electrons. The molecule has 3 rings (SSSR count). The Morgan fingerprint density at radius 2 is 1.86 bits per heavy atom. The number of ether oxygens (including phenoxy) is 2. The molecular formula is C23H28ClNO3. The lowest BCUT2D eigenvalue weighted by atomic mass is 9.92. The lowest BCUT2D eigenvalue weighted by Gasteiger charge is -2.32. The quantitative estimate of drug-likeness (QED) is 0.618. The third kappa shape index (κ3) is 4.68. The van der Waals surface area contributed by atoms with Gasteiger partial charge in [0.2, 0.25) is 0 Å². The van der Waals surface area contributed by atoms with Crippen molar-refractivity contribution in [3.63, 3.8) is 0 Å². The van der Waals surface area contributed by atoms with Crippen LogP contribution in [-0.2, 0) is 16.0 Å². The Bertz CT molecular complexity index is 775. The lowest BCUT2D eigenvalue weighted by molar-refractivity contribution is -0.150. The number of nitrogens with zero attached hydrogens (tertiary/aromatic N) is 1. The highest BCUT2D eigenvalue weighted by molar-refractivity contribution is 6.30. The van der Waals surface area contributed by atoms with Crippen LogP contribution >= 0.6 is 11.6 Å². The zero-order valence-electron chi connectivity index (χ0n) is 16.7. The Morgan fingerprint density at radius 1 is 1.18 bits per heavy atom. The van der Waals surface area contributed by atoms with Gasteiger partial charge in [-0.15, -0.1) is 0 Å². The normalized spacial score (nSPS) is 20.7. The zero-order valence-corrected chi connectivity index (χ0v) is 17.5. The number of esters is 1. The van der Waals surface area contributed by atoms with Gasteiger partial charge in [-0.05, 0) is 74.5 Å². The van der Waals surface area contributed by atoms with Crippen molar-refractivity contribution in [2.45, 2.75) is 38.8 Å². The minimum absolute atomic E-state index is 0.121. The monoisotopic (exact) mass is 401 g/mol. The zero-order chi connectivity index (χ0) is 20.1. The number of hydrogen-bond acceptors (Lipinski definition) is 4. The first-order valence-corrected chi connectivity index (χ1v) is 10.2. The van der Waals surface area contributed by atoms with E-state index in [-0.39, 0.29) is 24.0 Å². The highest BCUT2D eigenvalue weighted by Crippen LogP contribution is 2.36. The van der Waals surface area contributed by atoms with Gasteiger partial charge in [0.15, 0.2) is 0 Å². The molecular weight excluding hydrogens is 374 g/mol. The minimum atomic E-state index is -0.243. The number of carbonyl (C=O) groups excluding carboxylic acids is 1. The summed E-state index contributed by atoms with van der Waals surface area (Å²) in [6.45, 7) is 5.28. The number of rotatable bonds is 7. The molecule has 28 heavy (non-hydrogen) atoms. The number of benzene rings is 2. The fourth-order valence-electron chi connectivity index (χ4n) is 4.08. The van der Waals surface area contributed by atoms with E-state index in [2.05, 4.69) is 24.0 Å². The molecule has 4 nitrogen and oxygen atoms in total. The maximum Gasteiger partial charge on any atom is 0.323 e. The average Bonchev–Trinajstić information content (AvgIpc) is 3.13. The van der Waals surface area contributed by atoms with Crippen LogP contribution in [0.15, 0.2) is 48.5 Å². The summed E-state index contributed by atoms with van der Waals surface area (Å²) in [6, 6.07) is 15.8. The summed E-state index contributed by atoms with van der Waals surface area (Å²) in [7, 11) is 1.66. The molecule has 2 aromatic rings. The topological polar surface area (TPSA) is 38.8 Å². The summed E-state index contributed by atoms with van der Waals surface area (Å²) in [5.74, 6) is 0.931. The summed E-state index contributed by atoms with van der Waals surface area (Å²) >= 11 is 6.01. The summed E-state index contributed by atoms with van der Waals surface area (Å²) in [5.41, 5.74) is 2.37. The summed E-state index contributed by atoms with van der Waals surface area (Å²) < 4.78 is 10.7. The molecule has 1 saturated heterocycles. The van der Waals surface area contributed by atoms with Crippen LogP contribution < -0.4 is 4.74 Å². The fraction of sp³-hybridized carbons (Fsp3) is 0.435. The van der Waals surface area contributed by atoms with Crippen LogP contribution in [0.2, 0.25) is 5.02 Å². The van der Waals surface area contributed by atoms with E-state index in [4.69, 9.17) is 21.1 Å². The van der Waals surface area contributed by atoms with Gasteiger partial charge in [-0.1, -0.05) is 35.9 Å². The van der Waals surface area contributed by atoms with Crippen molar-refractivity contribution in [3.8, 4) is 5.75 Å². The average molecular weight is 402 g/mol. The molecule has 1 fully saturated rings. The number of halogens is 1. The Hall–Kier alpha value is -2.04. The largest absolute Gasteiger partial charge is 0.497 e. The molecule has 1 aliphatic heterocycles. The molecule has 0 bridgehead atoms. The second kappa shape index (κ2) is 9.44. The number of carbonyl (C=O) groups is 1. The van der Waals surface area contributed by atoms with Crippen LogP contribution in [0.1, 0.15) is 37.4 Å². The molecule has 0 spiro atoms. The number of methoxy groups -OCH3 is 1. The molecule has 0 aliphatic carbocycles. The molecule has 5 heteroatoms. The first-order chi connectivity index (χ1) is 13.5. The van der Waals surface area contributed by atoms with E-state index in [1.165, 1.54) is 11.1 Å². The standard InChI is InChI=1S/C23H28ClNO3/c1-4-28-23(26)22-19(15-17-5-9-20(24)10-6-17)13-14-25(22)16(2)18-7-11-21(27-3)12-8-18/h5-12,16,19,22H,4,13-15H2,1-3H3/t16-,19-,22-/m1/s1. The van der Waals surface area contributed by atoms with Crippen LogP contribution in [0.25, 0.3) is 0 Å². The van der Waals surface area contributed by atoms with Crippen molar-refractivity contribution < 1.29 is 14.3 Å². The highest BCUT2D eigenvalue weighted by atomic mass is 35.5. The van der Waals surface area contributed by atoms with Gasteiger partial charge in [-0.3, -0.25) is 9.69 Å². The molecule has 1 aliphatic rings. The fourth-order valence-corrected chi connectivity index (χ4v) is 4.21. The Labute approximate surface area is 172 Å². The van der Waals surface area contributed by atoms with Crippen LogP contribution in [-0.4, -0.2) is 37.2 Å². The Kier molecular flexibility index (Phi) is 6.97. The van der Waals surface area contributed by atoms with Crippen molar-refractivity contribution >= 4 is 17.6 Å². The lowest BCUT2D eigenvalue weighted by Crippen LogP contribution is -2.42. The second-order valence-corrected chi connectivity index (χ2v) is 7.70. The van der Waals surface area contributed by atoms with E-state index in [9.17, 15) is 4.79 Å². The summed E-state index contributed by atoms with van der Waals surface area (Å²) in [4.78, 5) is 15.1. The second-order valence-electron chi connectivity index (χ2n) is 7.26. The third-order valence-corrected chi connectivity index (χ3v) is 5.85. The van der Waals surface area contributed by atoms with Gasteiger partial charge >= 0.3 is 5.97 Å². The molecule has 0 N–H and O–H groups in total. The molecule has 2 aromatic carbocycles. The van der Waals surface area contributed by atoms with Gasteiger partial charge in [0.25, 0.3) is 0 Å². The van der Waals surface area contributed by atoms with Crippen molar-refractivity contribution in [2.75, 3.05) is 20.3 Å². The van der Waals surface area contributed by atoms with E-state index in [0.717, 1.165) is 30.2 Å². The smallest absolute Gasteiger partial charge is 0.323 e. The minimum Gasteiger partial charge on any atom is -0.497 e. The Morgan fingerprint density at radius 3 is 2.46 bits per heavy atom. The predicted molar refractivity (Wildman–Crippen MR) is 112 cm³/mol. The van der Waals surface area contributed by atoms with Gasteiger partial charge < -0.3 is 9.47 Å². The Balaban J connectivity index is 1.80. The van der Waals surface area contributed by atoms with Gasteiger partial charge in [0, 0.05) is 11.1 Å². The van der Waals surface area contributed by atoms with E-state index >= 15 is 0 Å². The van der Waals surface area contributed by atoms with E-state index in [1.54, 1.807) is 7.11 Å². The van der Waals surface area contributed by atoms with E-state index in [0.29, 0.717) is 6.61 Å². The van der Waals surface area contributed by atoms with Crippen molar-refractivity contribution in [2.24, 2.45) is 5.92 Å². The molecule has 150 valence electrons. The molecule has 0 saturated carbocycles. The van der Waals surface area contributed by atoms with Crippen molar-refractivity contribution in [1.82, 2.24) is 4.90 Å². The van der Waals surface area contributed by atoms with Crippen LogP contribution in [0, 0.1) is 5.92 Å². The van der Waals surface area contributed by atoms with Gasteiger partial charge in [0.1, 0.15) is 11.8 Å². The van der Waals surface area contributed by atoms with Gasteiger partial charge in [-0.25, -0.2) is 0 Å². The summed E-state index contributed by atoms with van der Waals surface area (Å²) in [6.07, 6.45) is 1.80. The highest BCUT2D eigenvalue weighted by Gasteiger charge is 2.42. The molecule has 0 unspecified atom stereocenters. The van der Waals surface area contributed by atoms with E-state index < -0.39 is 0 Å². The van der Waals surface area contributed by atoms with Crippen LogP contribution in [0.5, 0.6) is 5.75 Å². The van der Waals surface area contributed by atoms with Crippen LogP contribution in [0.4, 0.5) is 0 Å². The first-order valence-electron chi connectivity index (χ1n) is 9.84. The van der Waals surface area contributed by atoms with Crippen molar-refractivity contribution in [1.29, 1.82) is 0 Å². The molecule has 1 heterocycles. The third-order valence-electron chi connectivity index (χ3n) is 5.60. The van der Waals surface area contributed by atoms with Crippen molar-refractivity contribution in [3.05, 3.63) is 64.7 Å². The van der Waals surface area contributed by atoms with E-state index in [1.807, 2.05) is 43.3 Å². The van der Waals surface area contributed by atoms with Crippen LogP contribution in [0.3, 0.4) is 0 Å². The van der Waals surface area contributed by atoms with Gasteiger partial charge in [0.05, 0.1) is 13.7 Å². The molecule has 0 aromatic heterocycles. The predicted octanol–water partition coefficient (Wildman–Crippen LogP) is 4.91. The van der Waals surface area contributed by atoms with Gasteiger partial charge in [-0.2, -0.15) is 0 Å². The SMILES string of the molecule is CCOC(=O)[C@H]1[C@@H](Cc2ccc(Cl)cc2)CCN1[C@H](C)c1ccc(OC)cc1. The maximum atomic E-state index is 12.8. The molecule has 3 atom stereocenters. The first kappa shape index (κ1) is 20.7.